The molecule has 6 heteroatoms. The van der Waals surface area contributed by atoms with Gasteiger partial charge in [0.2, 0.25) is 0 Å². The lowest BCUT2D eigenvalue weighted by Crippen LogP contribution is -2.52. The number of aryl methyl sites for hydroxylation is 1. The number of nitrogens with two attached hydrogens (primary N) is 1. The second kappa shape index (κ2) is 4.77. The molecule has 1 aliphatic heterocycles. The molecule has 2 N–H and O–H groups in total. The van der Waals surface area contributed by atoms with Gasteiger partial charge in [0.15, 0.2) is 0 Å². The molecular formula is C13H20N4O2. The summed E-state index contributed by atoms with van der Waals surface area (Å²) in [6, 6.07) is 1.76. The first-order chi connectivity index (χ1) is 8.81. The van der Waals surface area contributed by atoms with Gasteiger partial charge in [-0.1, -0.05) is 13.8 Å². The molecular weight excluding hydrogens is 244 g/mol. The van der Waals surface area contributed by atoms with Crippen LogP contribution in [0.1, 0.15) is 25.8 Å². The van der Waals surface area contributed by atoms with Gasteiger partial charge >= 0.3 is 0 Å². The fourth-order valence-corrected chi connectivity index (χ4v) is 2.54. The molecule has 1 fully saturated rings. The quantitative estimate of drug-likeness (QED) is 0.651. The topological polar surface area (TPSA) is 85.3 Å². The predicted octanol–water partition coefficient (Wildman–Crippen LogP) is 1.86. The Labute approximate surface area is 112 Å². The lowest BCUT2D eigenvalue weighted by Gasteiger charge is -2.43. The van der Waals surface area contributed by atoms with Crippen LogP contribution in [0.15, 0.2) is 12.3 Å². The zero-order valence-corrected chi connectivity index (χ0v) is 11.6. The van der Waals surface area contributed by atoms with Gasteiger partial charge in [-0.15, -0.1) is 0 Å². The molecule has 19 heavy (non-hydrogen) atoms. The van der Waals surface area contributed by atoms with Crippen LogP contribution in [0, 0.1) is 22.5 Å². The van der Waals surface area contributed by atoms with Crippen molar-refractivity contribution in [3.63, 3.8) is 0 Å². The molecule has 0 spiro atoms. The van der Waals surface area contributed by atoms with Crippen LogP contribution < -0.4 is 10.6 Å². The predicted molar refractivity (Wildman–Crippen MR) is 74.2 cm³/mol. The molecule has 0 aliphatic carbocycles. The van der Waals surface area contributed by atoms with E-state index in [0.717, 1.165) is 30.9 Å². The number of pyridine rings is 1. The van der Waals surface area contributed by atoms with E-state index in [2.05, 4.69) is 23.7 Å². The molecule has 1 aromatic rings. The molecule has 0 saturated carbocycles. The minimum atomic E-state index is -0.417. The Morgan fingerprint density at radius 1 is 1.58 bits per heavy atom. The summed E-state index contributed by atoms with van der Waals surface area (Å²) in [5, 5.41) is 10.7. The van der Waals surface area contributed by atoms with Crippen molar-refractivity contribution in [2.45, 2.75) is 33.2 Å². The highest BCUT2D eigenvalue weighted by molar-refractivity contribution is 5.51. The van der Waals surface area contributed by atoms with Gasteiger partial charge < -0.3 is 10.6 Å². The van der Waals surface area contributed by atoms with Crippen LogP contribution in [-0.2, 0) is 0 Å². The minimum Gasteiger partial charge on any atom is -0.356 e. The zero-order chi connectivity index (χ0) is 14.2. The van der Waals surface area contributed by atoms with Crippen LogP contribution in [0.25, 0.3) is 0 Å². The van der Waals surface area contributed by atoms with Crippen LogP contribution >= 0.6 is 0 Å². The van der Waals surface area contributed by atoms with Crippen molar-refractivity contribution >= 4 is 11.5 Å². The van der Waals surface area contributed by atoms with E-state index in [1.54, 1.807) is 6.07 Å². The van der Waals surface area contributed by atoms with Crippen molar-refractivity contribution in [1.29, 1.82) is 0 Å². The fraction of sp³-hybridized carbons (Fsp3) is 0.615. The van der Waals surface area contributed by atoms with E-state index in [4.69, 9.17) is 5.73 Å². The van der Waals surface area contributed by atoms with E-state index < -0.39 is 4.92 Å². The average Bonchev–Trinajstić information content (AvgIpc) is 2.32. The average molecular weight is 264 g/mol. The van der Waals surface area contributed by atoms with Crippen LogP contribution in [0.5, 0.6) is 0 Å². The van der Waals surface area contributed by atoms with E-state index >= 15 is 0 Å². The summed E-state index contributed by atoms with van der Waals surface area (Å²) in [7, 11) is 0. The fourth-order valence-electron chi connectivity index (χ4n) is 2.54. The second-order valence-electron chi connectivity index (χ2n) is 5.90. The Hall–Kier alpha value is -1.69. The van der Waals surface area contributed by atoms with Crippen LogP contribution in [0.4, 0.5) is 11.5 Å². The van der Waals surface area contributed by atoms with Gasteiger partial charge in [-0.2, -0.15) is 0 Å². The van der Waals surface area contributed by atoms with Gasteiger partial charge in [-0.05, 0) is 24.3 Å². The molecule has 0 radical (unpaired) electrons. The Morgan fingerprint density at radius 2 is 2.26 bits per heavy atom. The first-order valence-corrected chi connectivity index (χ1v) is 6.43. The van der Waals surface area contributed by atoms with Crippen molar-refractivity contribution in [2.24, 2.45) is 11.1 Å². The number of nitrogens with zero attached hydrogens (tertiary/aromatic N) is 3. The Bertz CT molecular complexity index is 501. The van der Waals surface area contributed by atoms with Gasteiger partial charge in [0.1, 0.15) is 12.0 Å². The summed E-state index contributed by atoms with van der Waals surface area (Å²) in [6.07, 6.45) is 2.23. The number of hydrogen-bond acceptors (Lipinski definition) is 5. The second-order valence-corrected chi connectivity index (χ2v) is 5.90. The smallest absolute Gasteiger partial charge is 0.287 e. The number of piperidine rings is 1. The van der Waals surface area contributed by atoms with Crippen LogP contribution in [0.2, 0.25) is 0 Å². The summed E-state index contributed by atoms with van der Waals surface area (Å²) in [6.45, 7) is 7.81. The molecule has 1 aromatic heterocycles. The highest BCUT2D eigenvalue weighted by Gasteiger charge is 2.34. The summed E-state index contributed by atoms with van der Waals surface area (Å²) in [4.78, 5) is 16.7. The molecule has 1 unspecified atom stereocenters. The van der Waals surface area contributed by atoms with E-state index in [9.17, 15) is 10.1 Å². The molecule has 6 nitrogen and oxygen atoms in total. The molecule has 1 saturated heterocycles. The van der Waals surface area contributed by atoms with E-state index in [0.29, 0.717) is 0 Å². The lowest BCUT2D eigenvalue weighted by atomic mass is 9.79. The summed E-state index contributed by atoms with van der Waals surface area (Å²) >= 11 is 0. The summed E-state index contributed by atoms with van der Waals surface area (Å²) < 4.78 is 0. The number of hydrogen-bond donors (Lipinski definition) is 1. The molecule has 1 aliphatic rings. The van der Waals surface area contributed by atoms with Gasteiger partial charge in [0.25, 0.3) is 5.69 Å². The number of anilines is 1. The molecule has 0 amide bonds. The molecule has 104 valence electrons. The highest BCUT2D eigenvalue weighted by atomic mass is 16.6. The van der Waals surface area contributed by atoms with Crippen molar-refractivity contribution < 1.29 is 4.92 Å². The van der Waals surface area contributed by atoms with Gasteiger partial charge in [-0.3, -0.25) is 10.1 Å². The van der Waals surface area contributed by atoms with E-state index in [1.807, 2.05) is 6.92 Å². The maximum absolute atomic E-state index is 10.7. The third-order valence-electron chi connectivity index (χ3n) is 3.86. The first-order valence-electron chi connectivity index (χ1n) is 6.43. The highest BCUT2D eigenvalue weighted by Crippen LogP contribution is 2.32. The lowest BCUT2D eigenvalue weighted by molar-refractivity contribution is -0.385. The number of aromatic nitrogens is 1. The first kappa shape index (κ1) is 13.7. The van der Waals surface area contributed by atoms with Crippen molar-refractivity contribution in [3.8, 4) is 0 Å². The van der Waals surface area contributed by atoms with E-state index in [-0.39, 0.29) is 17.1 Å². The van der Waals surface area contributed by atoms with Crippen molar-refractivity contribution in [1.82, 2.24) is 4.98 Å². The van der Waals surface area contributed by atoms with Crippen molar-refractivity contribution in [2.75, 3.05) is 18.0 Å². The molecule has 0 bridgehead atoms. The van der Waals surface area contributed by atoms with Crippen LogP contribution in [0.3, 0.4) is 0 Å². The normalized spacial score (nSPS) is 22.3. The minimum absolute atomic E-state index is 0.0220. The third-order valence-corrected chi connectivity index (χ3v) is 3.86. The molecule has 1 atom stereocenters. The maximum atomic E-state index is 10.7. The standard InChI is InChI=1S/C13H20N4O2/c1-9-6-10(17(18)19)7-15-12(9)16-5-4-11(14)13(2,3)8-16/h6-7,11H,4-5,8,14H2,1-3H3. The third kappa shape index (κ3) is 2.68. The van der Waals surface area contributed by atoms with E-state index in [1.165, 1.54) is 6.20 Å². The number of nitro groups is 1. The van der Waals surface area contributed by atoms with Gasteiger partial charge in [-0.25, -0.2) is 4.98 Å². The molecule has 2 heterocycles. The Kier molecular flexibility index (Phi) is 3.45. The SMILES string of the molecule is Cc1cc([N+](=O)[O-])cnc1N1CCC(N)C(C)(C)C1. The number of rotatable bonds is 2. The molecule has 0 aromatic carbocycles. The largest absolute Gasteiger partial charge is 0.356 e. The maximum Gasteiger partial charge on any atom is 0.287 e. The van der Waals surface area contributed by atoms with Gasteiger partial charge in [0.05, 0.1) is 4.92 Å². The van der Waals surface area contributed by atoms with Crippen LogP contribution in [-0.4, -0.2) is 29.0 Å². The molecule has 2 rings (SSSR count). The Morgan fingerprint density at radius 3 is 2.79 bits per heavy atom. The zero-order valence-electron chi connectivity index (χ0n) is 11.6. The van der Waals surface area contributed by atoms with Gasteiger partial charge in [0, 0.05) is 25.2 Å². The monoisotopic (exact) mass is 264 g/mol. The summed E-state index contributed by atoms with van der Waals surface area (Å²) in [5.41, 5.74) is 7.01. The Balaban J connectivity index is 2.26. The summed E-state index contributed by atoms with van der Waals surface area (Å²) in [5.74, 6) is 0.825. The van der Waals surface area contributed by atoms with Crippen molar-refractivity contribution in [3.05, 3.63) is 27.9 Å².